The van der Waals surface area contributed by atoms with Crippen molar-refractivity contribution < 1.29 is 5.11 Å². The van der Waals surface area contributed by atoms with E-state index in [4.69, 9.17) is 0 Å². The summed E-state index contributed by atoms with van der Waals surface area (Å²) in [7, 11) is 0. The lowest BCUT2D eigenvalue weighted by molar-refractivity contribution is 0.197. The van der Waals surface area contributed by atoms with Crippen LogP contribution in [-0.4, -0.2) is 33.0 Å². The molecule has 0 spiro atoms. The van der Waals surface area contributed by atoms with Gasteiger partial charge in [0.25, 0.3) is 0 Å². The first kappa shape index (κ1) is 11.6. The maximum atomic E-state index is 9.67. The summed E-state index contributed by atoms with van der Waals surface area (Å²) in [4.78, 5) is 0. The van der Waals surface area contributed by atoms with E-state index in [0.717, 1.165) is 23.7 Å². The van der Waals surface area contributed by atoms with E-state index < -0.39 is 0 Å². The van der Waals surface area contributed by atoms with Crippen LogP contribution in [0.1, 0.15) is 18.3 Å². The highest BCUT2D eigenvalue weighted by molar-refractivity contribution is 7.98. The summed E-state index contributed by atoms with van der Waals surface area (Å²) in [6.07, 6.45) is 2.45. The predicted octanol–water partition coefficient (Wildman–Crippen LogP) is 1.48. The summed E-state index contributed by atoms with van der Waals surface area (Å²) >= 11 is 1.67. The van der Waals surface area contributed by atoms with Gasteiger partial charge in [0, 0.05) is 24.4 Å². The molecule has 0 aromatic carbocycles. The van der Waals surface area contributed by atoms with Gasteiger partial charge in [0.05, 0.1) is 11.8 Å². The lowest BCUT2D eigenvalue weighted by Gasteiger charge is -2.09. The fourth-order valence-electron chi connectivity index (χ4n) is 1.53. The molecule has 0 amide bonds. The van der Waals surface area contributed by atoms with Crippen molar-refractivity contribution in [3.8, 4) is 0 Å². The molecule has 0 aliphatic rings. The Kier molecular flexibility index (Phi) is 4.48. The second-order valence-corrected chi connectivity index (χ2v) is 4.32. The van der Waals surface area contributed by atoms with Gasteiger partial charge in [0.15, 0.2) is 0 Å². The van der Waals surface area contributed by atoms with Gasteiger partial charge in [-0.1, -0.05) is 0 Å². The monoisotopic (exact) mass is 214 g/mol. The van der Waals surface area contributed by atoms with Crippen LogP contribution in [0.25, 0.3) is 0 Å². The summed E-state index contributed by atoms with van der Waals surface area (Å²) in [6.45, 7) is 4.92. The number of rotatable bonds is 5. The van der Waals surface area contributed by atoms with Gasteiger partial charge in [-0.05, 0) is 26.2 Å². The number of hydrogen-bond donors (Lipinski definition) is 1. The Morgan fingerprint density at radius 2 is 2.36 bits per heavy atom. The summed E-state index contributed by atoms with van der Waals surface area (Å²) in [5.41, 5.74) is 2.16. The maximum Gasteiger partial charge on any atom is 0.0685 e. The summed E-state index contributed by atoms with van der Waals surface area (Å²) in [5, 5.41) is 14.0. The van der Waals surface area contributed by atoms with Crippen molar-refractivity contribution in [2.75, 3.05) is 12.0 Å². The molecule has 0 saturated heterocycles. The normalized spacial score (nSPS) is 13.1. The molecular weight excluding hydrogens is 196 g/mol. The lowest BCUT2D eigenvalue weighted by atomic mass is 10.2. The average molecular weight is 214 g/mol. The topological polar surface area (TPSA) is 38.0 Å². The molecular formula is C10H18N2OS. The van der Waals surface area contributed by atoms with E-state index in [2.05, 4.69) is 12.0 Å². The molecule has 4 heteroatoms. The third kappa shape index (κ3) is 3.03. The van der Waals surface area contributed by atoms with Crippen molar-refractivity contribution in [1.82, 2.24) is 9.78 Å². The molecule has 1 rings (SSSR count). The molecule has 0 bridgehead atoms. The molecule has 1 aromatic rings. The van der Waals surface area contributed by atoms with Gasteiger partial charge in [0.1, 0.15) is 0 Å². The van der Waals surface area contributed by atoms with Crippen LogP contribution in [0.2, 0.25) is 0 Å². The Balaban J connectivity index is 2.65. The molecule has 0 radical (unpaired) electrons. The highest BCUT2D eigenvalue weighted by atomic mass is 32.2. The Morgan fingerprint density at radius 3 is 2.93 bits per heavy atom. The van der Waals surface area contributed by atoms with Gasteiger partial charge >= 0.3 is 0 Å². The Hall–Kier alpha value is -0.480. The average Bonchev–Trinajstić information content (AvgIpc) is 2.46. The van der Waals surface area contributed by atoms with Crippen molar-refractivity contribution >= 4 is 11.8 Å². The second-order valence-electron chi connectivity index (χ2n) is 3.41. The molecule has 0 aliphatic carbocycles. The summed E-state index contributed by atoms with van der Waals surface area (Å²) < 4.78 is 1.96. The number of aliphatic hydroxyl groups is 1. The van der Waals surface area contributed by atoms with Gasteiger partial charge in [-0.3, -0.25) is 4.68 Å². The standard InChI is InChI=1S/C10H18N2OS/c1-4-12-9(5-8(2)11-12)6-10(13)7-14-3/h5,10,13H,4,6-7H2,1-3H3. The first-order valence-corrected chi connectivity index (χ1v) is 6.27. The molecule has 3 nitrogen and oxygen atoms in total. The molecule has 1 N–H and O–H groups in total. The molecule has 0 saturated carbocycles. The van der Waals surface area contributed by atoms with Gasteiger partial charge in [-0.25, -0.2) is 0 Å². The maximum absolute atomic E-state index is 9.67. The third-order valence-electron chi connectivity index (χ3n) is 2.09. The lowest BCUT2D eigenvalue weighted by Crippen LogP contribution is -2.16. The van der Waals surface area contributed by atoms with E-state index in [1.165, 1.54) is 0 Å². The third-order valence-corrected chi connectivity index (χ3v) is 2.81. The molecule has 1 aromatic heterocycles. The van der Waals surface area contributed by atoms with Crippen LogP contribution >= 0.6 is 11.8 Å². The highest BCUT2D eigenvalue weighted by Gasteiger charge is 2.09. The SMILES string of the molecule is CCn1nc(C)cc1CC(O)CSC. The van der Waals surface area contributed by atoms with Crippen molar-refractivity contribution in [3.05, 3.63) is 17.5 Å². The van der Waals surface area contributed by atoms with Gasteiger partial charge < -0.3 is 5.11 Å². The van der Waals surface area contributed by atoms with Gasteiger partial charge in [0.2, 0.25) is 0 Å². The number of aryl methyl sites for hydroxylation is 2. The fraction of sp³-hybridized carbons (Fsp3) is 0.700. The van der Waals surface area contributed by atoms with Crippen LogP contribution in [0.4, 0.5) is 0 Å². The zero-order valence-corrected chi connectivity index (χ0v) is 9.84. The molecule has 80 valence electrons. The minimum Gasteiger partial charge on any atom is -0.392 e. The van der Waals surface area contributed by atoms with Crippen molar-refractivity contribution in [2.45, 2.75) is 32.9 Å². The minimum absolute atomic E-state index is 0.258. The van der Waals surface area contributed by atoms with E-state index in [0.29, 0.717) is 6.42 Å². The van der Waals surface area contributed by atoms with E-state index in [1.54, 1.807) is 11.8 Å². The van der Waals surface area contributed by atoms with Crippen LogP contribution in [0, 0.1) is 6.92 Å². The first-order valence-electron chi connectivity index (χ1n) is 4.87. The van der Waals surface area contributed by atoms with Gasteiger partial charge in [-0.2, -0.15) is 16.9 Å². The zero-order valence-electron chi connectivity index (χ0n) is 9.03. The van der Waals surface area contributed by atoms with Crippen LogP contribution < -0.4 is 0 Å². The number of hydrogen-bond acceptors (Lipinski definition) is 3. The van der Waals surface area contributed by atoms with Crippen LogP contribution in [0.5, 0.6) is 0 Å². The molecule has 1 unspecified atom stereocenters. The van der Waals surface area contributed by atoms with E-state index in [9.17, 15) is 5.11 Å². The highest BCUT2D eigenvalue weighted by Crippen LogP contribution is 2.09. The Labute approximate surface area is 89.5 Å². The summed E-state index contributed by atoms with van der Waals surface area (Å²) in [5.74, 6) is 0.786. The molecule has 0 fully saturated rings. The molecule has 1 atom stereocenters. The van der Waals surface area contributed by atoms with Crippen LogP contribution in [-0.2, 0) is 13.0 Å². The smallest absolute Gasteiger partial charge is 0.0685 e. The molecule has 1 heterocycles. The van der Waals surface area contributed by atoms with E-state index >= 15 is 0 Å². The molecule has 14 heavy (non-hydrogen) atoms. The second kappa shape index (κ2) is 5.41. The minimum atomic E-state index is -0.258. The van der Waals surface area contributed by atoms with Crippen molar-refractivity contribution in [2.24, 2.45) is 0 Å². The number of thioether (sulfide) groups is 1. The summed E-state index contributed by atoms with van der Waals surface area (Å²) in [6, 6.07) is 2.05. The van der Waals surface area contributed by atoms with Crippen molar-refractivity contribution in [1.29, 1.82) is 0 Å². The van der Waals surface area contributed by atoms with E-state index in [-0.39, 0.29) is 6.10 Å². The quantitative estimate of drug-likeness (QED) is 0.807. The fourth-order valence-corrected chi connectivity index (χ4v) is 2.03. The van der Waals surface area contributed by atoms with Gasteiger partial charge in [-0.15, -0.1) is 0 Å². The predicted molar refractivity (Wildman–Crippen MR) is 60.7 cm³/mol. The molecule has 0 aliphatic heterocycles. The first-order chi connectivity index (χ1) is 6.67. The zero-order chi connectivity index (χ0) is 10.6. The number of aliphatic hydroxyl groups excluding tert-OH is 1. The van der Waals surface area contributed by atoms with Crippen molar-refractivity contribution in [3.63, 3.8) is 0 Å². The van der Waals surface area contributed by atoms with Crippen LogP contribution in [0.15, 0.2) is 6.07 Å². The number of aromatic nitrogens is 2. The Morgan fingerprint density at radius 1 is 1.64 bits per heavy atom. The Bertz CT molecular complexity index is 286. The largest absolute Gasteiger partial charge is 0.392 e. The number of nitrogens with zero attached hydrogens (tertiary/aromatic N) is 2. The van der Waals surface area contributed by atoms with Crippen LogP contribution in [0.3, 0.4) is 0 Å². The van der Waals surface area contributed by atoms with E-state index in [1.807, 2.05) is 23.9 Å².